The highest BCUT2D eigenvalue weighted by atomic mass is 16.5. The number of nitrogens with one attached hydrogen (secondary N) is 1. The van der Waals surface area contributed by atoms with Crippen molar-refractivity contribution in [1.29, 1.82) is 0 Å². The Balaban J connectivity index is 2.03. The van der Waals surface area contributed by atoms with Crippen molar-refractivity contribution in [3.05, 3.63) is 23.8 Å². The SMILES string of the molecule is COC(=O)c1ccc(N)c(NCC2CCCO2)c1. The van der Waals surface area contributed by atoms with Crippen LogP contribution in [0.15, 0.2) is 18.2 Å². The van der Waals surface area contributed by atoms with Crippen LogP contribution in [0, 0.1) is 0 Å². The number of nitrogens with two attached hydrogens (primary N) is 1. The third-order valence-electron chi connectivity index (χ3n) is 3.02. The number of ether oxygens (including phenoxy) is 2. The number of methoxy groups -OCH3 is 1. The first kappa shape index (κ1) is 12.7. The van der Waals surface area contributed by atoms with Gasteiger partial charge in [-0.15, -0.1) is 0 Å². The number of carbonyl (C=O) groups is 1. The molecule has 1 aliphatic rings. The van der Waals surface area contributed by atoms with Crippen LogP contribution < -0.4 is 11.1 Å². The van der Waals surface area contributed by atoms with Crippen molar-refractivity contribution in [3.8, 4) is 0 Å². The van der Waals surface area contributed by atoms with Crippen LogP contribution in [0.3, 0.4) is 0 Å². The van der Waals surface area contributed by atoms with Crippen molar-refractivity contribution in [2.24, 2.45) is 0 Å². The number of rotatable bonds is 4. The normalized spacial score (nSPS) is 18.6. The van der Waals surface area contributed by atoms with E-state index in [1.807, 2.05) is 0 Å². The smallest absolute Gasteiger partial charge is 0.337 e. The molecule has 2 rings (SSSR count). The molecule has 0 spiro atoms. The fraction of sp³-hybridized carbons (Fsp3) is 0.462. The summed E-state index contributed by atoms with van der Waals surface area (Å²) in [5.74, 6) is -0.366. The van der Waals surface area contributed by atoms with Gasteiger partial charge in [-0.3, -0.25) is 0 Å². The molecule has 0 amide bonds. The first-order valence-electron chi connectivity index (χ1n) is 6.04. The van der Waals surface area contributed by atoms with Crippen molar-refractivity contribution in [2.75, 3.05) is 31.3 Å². The maximum atomic E-state index is 11.4. The summed E-state index contributed by atoms with van der Waals surface area (Å²) in [6, 6.07) is 5.05. The van der Waals surface area contributed by atoms with Crippen molar-refractivity contribution < 1.29 is 14.3 Å². The van der Waals surface area contributed by atoms with Crippen molar-refractivity contribution in [2.45, 2.75) is 18.9 Å². The molecule has 3 N–H and O–H groups in total. The molecule has 0 aliphatic carbocycles. The Hall–Kier alpha value is -1.75. The van der Waals surface area contributed by atoms with E-state index in [0.717, 1.165) is 25.1 Å². The molecule has 1 saturated heterocycles. The van der Waals surface area contributed by atoms with E-state index in [1.54, 1.807) is 18.2 Å². The van der Waals surface area contributed by atoms with E-state index < -0.39 is 0 Å². The van der Waals surface area contributed by atoms with Crippen LogP contribution in [0.4, 0.5) is 11.4 Å². The zero-order chi connectivity index (χ0) is 13.0. The minimum atomic E-state index is -0.366. The second-order valence-electron chi connectivity index (χ2n) is 4.31. The van der Waals surface area contributed by atoms with Crippen LogP contribution in [0.25, 0.3) is 0 Å². The maximum absolute atomic E-state index is 11.4. The minimum Gasteiger partial charge on any atom is -0.465 e. The highest BCUT2D eigenvalue weighted by molar-refractivity contribution is 5.91. The van der Waals surface area contributed by atoms with Gasteiger partial charge in [0, 0.05) is 13.2 Å². The lowest BCUT2D eigenvalue weighted by molar-refractivity contribution is 0.0601. The molecule has 0 saturated carbocycles. The molecule has 0 aromatic heterocycles. The van der Waals surface area contributed by atoms with Crippen molar-refractivity contribution in [3.63, 3.8) is 0 Å². The first-order chi connectivity index (χ1) is 8.70. The van der Waals surface area contributed by atoms with Gasteiger partial charge in [0.05, 0.1) is 30.2 Å². The second-order valence-corrected chi connectivity index (χ2v) is 4.31. The number of nitrogen functional groups attached to an aromatic ring is 1. The van der Waals surface area contributed by atoms with Crippen LogP contribution in [0.2, 0.25) is 0 Å². The summed E-state index contributed by atoms with van der Waals surface area (Å²) in [6.45, 7) is 1.53. The Labute approximate surface area is 106 Å². The standard InChI is InChI=1S/C13H18N2O3/c1-17-13(16)9-4-5-11(14)12(7-9)15-8-10-3-2-6-18-10/h4-5,7,10,15H,2-3,6,8,14H2,1H3. The molecule has 1 unspecified atom stereocenters. The van der Waals surface area contributed by atoms with Gasteiger partial charge in [-0.25, -0.2) is 4.79 Å². The molecule has 1 fully saturated rings. The fourth-order valence-corrected chi connectivity index (χ4v) is 1.98. The Morgan fingerprint density at radius 3 is 3.11 bits per heavy atom. The maximum Gasteiger partial charge on any atom is 0.337 e. The number of esters is 1. The third kappa shape index (κ3) is 2.92. The summed E-state index contributed by atoms with van der Waals surface area (Å²) >= 11 is 0. The van der Waals surface area contributed by atoms with Gasteiger partial charge in [0.1, 0.15) is 0 Å². The number of hydrogen-bond donors (Lipinski definition) is 2. The quantitative estimate of drug-likeness (QED) is 0.628. The summed E-state index contributed by atoms with van der Waals surface area (Å²) in [6.07, 6.45) is 2.39. The van der Waals surface area contributed by atoms with E-state index in [0.29, 0.717) is 17.8 Å². The van der Waals surface area contributed by atoms with Gasteiger partial charge in [0.2, 0.25) is 0 Å². The molecule has 1 heterocycles. The summed E-state index contributed by atoms with van der Waals surface area (Å²) in [5, 5.41) is 3.22. The van der Waals surface area contributed by atoms with Crippen molar-refractivity contribution >= 4 is 17.3 Å². The Morgan fingerprint density at radius 2 is 2.44 bits per heavy atom. The van der Waals surface area contributed by atoms with Crippen LogP contribution in [0.5, 0.6) is 0 Å². The topological polar surface area (TPSA) is 73.6 Å². The second kappa shape index (κ2) is 5.73. The number of hydrogen-bond acceptors (Lipinski definition) is 5. The summed E-state index contributed by atoms with van der Waals surface area (Å²) < 4.78 is 10.2. The van der Waals surface area contributed by atoms with E-state index in [-0.39, 0.29) is 12.1 Å². The van der Waals surface area contributed by atoms with E-state index in [4.69, 9.17) is 10.5 Å². The lowest BCUT2D eigenvalue weighted by atomic mass is 10.1. The lowest BCUT2D eigenvalue weighted by Crippen LogP contribution is -2.19. The molecule has 0 radical (unpaired) electrons. The highest BCUT2D eigenvalue weighted by Gasteiger charge is 2.16. The minimum absolute atomic E-state index is 0.228. The lowest BCUT2D eigenvalue weighted by Gasteiger charge is -2.14. The van der Waals surface area contributed by atoms with Crippen LogP contribution in [0.1, 0.15) is 23.2 Å². The zero-order valence-corrected chi connectivity index (χ0v) is 10.4. The Kier molecular flexibility index (Phi) is 4.04. The number of anilines is 2. The van der Waals surface area contributed by atoms with Gasteiger partial charge in [0.15, 0.2) is 0 Å². The molecular formula is C13H18N2O3. The monoisotopic (exact) mass is 250 g/mol. The molecule has 5 heteroatoms. The number of carbonyl (C=O) groups excluding carboxylic acids is 1. The summed E-state index contributed by atoms with van der Waals surface area (Å²) in [7, 11) is 1.36. The highest BCUT2D eigenvalue weighted by Crippen LogP contribution is 2.21. The molecule has 1 aromatic rings. The first-order valence-corrected chi connectivity index (χ1v) is 6.04. The van der Waals surface area contributed by atoms with Gasteiger partial charge < -0.3 is 20.5 Å². The van der Waals surface area contributed by atoms with Crippen molar-refractivity contribution in [1.82, 2.24) is 0 Å². The van der Waals surface area contributed by atoms with E-state index in [2.05, 4.69) is 10.1 Å². The molecule has 1 aliphatic heterocycles. The van der Waals surface area contributed by atoms with Gasteiger partial charge >= 0.3 is 5.97 Å². The Bertz CT molecular complexity index is 428. The Morgan fingerprint density at radius 1 is 1.61 bits per heavy atom. The predicted octanol–water partition coefficient (Wildman–Crippen LogP) is 1.65. The van der Waals surface area contributed by atoms with Gasteiger partial charge in [0.25, 0.3) is 0 Å². The van der Waals surface area contributed by atoms with Gasteiger partial charge in [-0.05, 0) is 31.0 Å². The molecule has 1 aromatic carbocycles. The molecular weight excluding hydrogens is 232 g/mol. The average Bonchev–Trinajstić information content (AvgIpc) is 2.90. The summed E-state index contributed by atoms with van der Waals surface area (Å²) in [5.41, 5.74) is 7.70. The van der Waals surface area contributed by atoms with E-state index >= 15 is 0 Å². The molecule has 98 valence electrons. The molecule has 5 nitrogen and oxygen atoms in total. The fourth-order valence-electron chi connectivity index (χ4n) is 1.98. The van der Waals surface area contributed by atoms with Crippen LogP contribution in [-0.4, -0.2) is 32.3 Å². The van der Waals surface area contributed by atoms with Gasteiger partial charge in [-0.1, -0.05) is 0 Å². The third-order valence-corrected chi connectivity index (χ3v) is 3.02. The van der Waals surface area contributed by atoms with E-state index in [1.165, 1.54) is 7.11 Å². The predicted molar refractivity (Wildman–Crippen MR) is 69.7 cm³/mol. The molecule has 18 heavy (non-hydrogen) atoms. The molecule has 0 bridgehead atoms. The largest absolute Gasteiger partial charge is 0.465 e. The van der Waals surface area contributed by atoms with Crippen LogP contribution in [-0.2, 0) is 9.47 Å². The summed E-state index contributed by atoms with van der Waals surface area (Å²) in [4.78, 5) is 11.4. The van der Waals surface area contributed by atoms with E-state index in [9.17, 15) is 4.79 Å². The molecule has 1 atom stereocenters. The van der Waals surface area contributed by atoms with Gasteiger partial charge in [-0.2, -0.15) is 0 Å². The van der Waals surface area contributed by atoms with Crippen LogP contribution >= 0.6 is 0 Å². The average molecular weight is 250 g/mol. The number of benzene rings is 1. The zero-order valence-electron chi connectivity index (χ0n) is 10.4.